The molecule has 13 heteroatoms. The first-order valence-electron chi connectivity index (χ1n) is 16.8. The van der Waals surface area contributed by atoms with E-state index in [0.29, 0.717) is 23.6 Å². The van der Waals surface area contributed by atoms with Crippen LogP contribution in [0.4, 0.5) is 20.2 Å². The smallest absolute Gasteiger partial charge is 0.364 e. The van der Waals surface area contributed by atoms with Gasteiger partial charge in [0.2, 0.25) is 0 Å². The largest absolute Gasteiger partial charge is 0.489 e. The second-order valence-corrected chi connectivity index (χ2v) is 12.2. The van der Waals surface area contributed by atoms with Crippen molar-refractivity contribution in [3.05, 3.63) is 125 Å². The summed E-state index contributed by atoms with van der Waals surface area (Å²) >= 11 is 0. The minimum Gasteiger partial charge on any atom is -0.489 e. The molecular weight excluding hydrogens is 642 g/mol. The number of hydrogen-bond acceptors (Lipinski definition) is 8. The highest BCUT2D eigenvalue weighted by Gasteiger charge is 2.21. The average molecular weight is 681 g/mol. The fraction of sp³-hybridized carbons (Fsp3) is 0.297. The summed E-state index contributed by atoms with van der Waals surface area (Å²) in [4.78, 5) is 25.2. The Bertz CT molecular complexity index is 2080. The molecule has 1 aliphatic rings. The molecule has 1 fully saturated rings. The molecule has 0 amide bonds. The van der Waals surface area contributed by atoms with E-state index in [1.807, 2.05) is 41.1 Å². The van der Waals surface area contributed by atoms with Crippen molar-refractivity contribution in [1.29, 1.82) is 0 Å². The van der Waals surface area contributed by atoms with Crippen LogP contribution in [0.2, 0.25) is 0 Å². The molecule has 7 rings (SSSR count). The van der Waals surface area contributed by atoms with Crippen LogP contribution in [-0.4, -0.2) is 55.3 Å². The van der Waals surface area contributed by atoms with Crippen LogP contribution in [0.15, 0.2) is 101 Å². The number of hydrogen-bond donors (Lipinski definition) is 0. The monoisotopic (exact) mass is 680 g/mol. The van der Waals surface area contributed by atoms with Gasteiger partial charge in [0.05, 0.1) is 17.3 Å². The molecule has 0 N–H and O–H groups in total. The lowest BCUT2D eigenvalue weighted by molar-refractivity contribution is 0.305. The third-order valence-corrected chi connectivity index (χ3v) is 9.17. The summed E-state index contributed by atoms with van der Waals surface area (Å²) in [5.41, 5.74) is 3.70. The Morgan fingerprint density at radius 3 is 2.12 bits per heavy atom. The summed E-state index contributed by atoms with van der Waals surface area (Å²) in [5.74, 6) is 0.105. The van der Waals surface area contributed by atoms with Crippen LogP contribution in [0.5, 0.6) is 5.75 Å². The van der Waals surface area contributed by atoms with Crippen molar-refractivity contribution < 1.29 is 17.9 Å². The van der Waals surface area contributed by atoms with Gasteiger partial charge in [0.25, 0.3) is 0 Å². The van der Waals surface area contributed by atoms with E-state index in [-0.39, 0.29) is 29.7 Å². The van der Waals surface area contributed by atoms with E-state index < -0.39 is 11.6 Å². The molecule has 50 heavy (non-hydrogen) atoms. The Morgan fingerprint density at radius 2 is 1.50 bits per heavy atom. The molecule has 258 valence electrons. The van der Waals surface area contributed by atoms with Crippen molar-refractivity contribution in [2.24, 2.45) is 0 Å². The minimum atomic E-state index is -0.715. The predicted molar refractivity (Wildman–Crippen MR) is 186 cm³/mol. The first kappa shape index (κ1) is 32.8. The van der Waals surface area contributed by atoms with Gasteiger partial charge >= 0.3 is 5.69 Å². The van der Waals surface area contributed by atoms with Gasteiger partial charge < -0.3 is 19.0 Å². The Morgan fingerprint density at radius 1 is 0.840 bits per heavy atom. The molecule has 0 bridgehead atoms. The maximum atomic E-state index is 14.8. The summed E-state index contributed by atoms with van der Waals surface area (Å²) in [6, 6.07) is 21.5. The lowest BCUT2D eigenvalue weighted by Gasteiger charge is -2.37. The van der Waals surface area contributed by atoms with Crippen LogP contribution in [0.1, 0.15) is 44.1 Å². The molecule has 3 aromatic carbocycles. The molecule has 4 heterocycles. The minimum absolute atomic E-state index is 0.103. The lowest BCUT2D eigenvalue weighted by Crippen LogP contribution is -2.46. The van der Waals surface area contributed by atoms with Gasteiger partial charge in [-0.25, -0.2) is 32.6 Å². The Kier molecular flexibility index (Phi) is 9.45. The van der Waals surface area contributed by atoms with Crippen molar-refractivity contribution in [2.45, 2.75) is 45.9 Å². The van der Waals surface area contributed by atoms with Gasteiger partial charge in [-0.1, -0.05) is 13.8 Å². The summed E-state index contributed by atoms with van der Waals surface area (Å²) < 4.78 is 45.7. The van der Waals surface area contributed by atoms with Crippen molar-refractivity contribution in [3.63, 3.8) is 0 Å². The van der Waals surface area contributed by atoms with Gasteiger partial charge in [-0.15, -0.1) is 0 Å². The average Bonchev–Trinajstić information content (AvgIpc) is 3.90. The second-order valence-electron chi connectivity index (χ2n) is 12.2. The molecule has 11 nitrogen and oxygen atoms in total. The van der Waals surface area contributed by atoms with Crippen molar-refractivity contribution in [3.8, 4) is 22.8 Å². The number of nitrogens with zero attached hydrogens (tertiary/aromatic N) is 8. The highest BCUT2D eigenvalue weighted by Crippen LogP contribution is 2.32. The molecule has 0 radical (unpaired) electrons. The molecule has 6 aromatic rings. The van der Waals surface area contributed by atoms with Crippen LogP contribution in [-0.2, 0) is 13.2 Å². The van der Waals surface area contributed by atoms with Gasteiger partial charge in [-0.3, -0.25) is 0 Å². The lowest BCUT2D eigenvalue weighted by atomic mass is 10.1. The van der Waals surface area contributed by atoms with Crippen LogP contribution in [0.25, 0.3) is 17.0 Å². The van der Waals surface area contributed by atoms with Crippen LogP contribution in [0, 0.1) is 11.6 Å². The van der Waals surface area contributed by atoms with Crippen LogP contribution in [0.3, 0.4) is 0 Å². The van der Waals surface area contributed by atoms with Gasteiger partial charge in [0.15, 0.2) is 0 Å². The SMILES string of the molecule is CCC(CC)n1c(=O)ncn1-c1ccc(N2CCN(c3ccc(OCc4cc(Cn5cncn5)oc4-c4ccc(F)cc4F)cc3)CC2)cc1. The van der Waals surface area contributed by atoms with Crippen LogP contribution < -0.4 is 20.2 Å². The normalized spacial score (nSPS) is 13.4. The van der Waals surface area contributed by atoms with Gasteiger partial charge in [0, 0.05) is 49.2 Å². The fourth-order valence-electron chi connectivity index (χ4n) is 6.47. The third kappa shape index (κ3) is 6.89. The molecule has 0 atom stereocenters. The molecule has 0 spiro atoms. The first-order valence-corrected chi connectivity index (χ1v) is 16.8. The van der Waals surface area contributed by atoms with E-state index in [1.54, 1.807) is 28.1 Å². The van der Waals surface area contributed by atoms with Crippen molar-refractivity contribution in [2.75, 3.05) is 36.0 Å². The maximum Gasteiger partial charge on any atom is 0.364 e. The summed E-state index contributed by atoms with van der Waals surface area (Å²) in [7, 11) is 0. The number of furan rings is 1. The fourth-order valence-corrected chi connectivity index (χ4v) is 6.47. The quantitative estimate of drug-likeness (QED) is 0.145. The predicted octanol–water partition coefficient (Wildman–Crippen LogP) is 6.48. The Labute approximate surface area is 288 Å². The topological polar surface area (TPSA) is 99.4 Å². The number of rotatable bonds is 12. The molecular formula is C37H38F2N8O3. The summed E-state index contributed by atoms with van der Waals surface area (Å²) in [6.07, 6.45) is 6.32. The van der Waals surface area contributed by atoms with E-state index in [4.69, 9.17) is 9.15 Å². The van der Waals surface area contributed by atoms with E-state index in [0.717, 1.165) is 62.1 Å². The zero-order valence-electron chi connectivity index (χ0n) is 28.0. The zero-order chi connectivity index (χ0) is 34.6. The molecule has 0 saturated carbocycles. The number of aromatic nitrogens is 6. The zero-order valence-corrected chi connectivity index (χ0v) is 28.0. The van der Waals surface area contributed by atoms with E-state index in [2.05, 4.69) is 50.8 Å². The van der Waals surface area contributed by atoms with Gasteiger partial charge in [-0.05, 0) is 79.6 Å². The Balaban J connectivity index is 0.976. The standard InChI is InChI=1S/C37H38F2N8O3/c1-3-28(4-2)47-37(48)41-25-46(47)31-8-6-29(7-9-31)43-15-17-44(18-16-43)30-10-12-32(13-11-30)49-22-26-19-33(21-45-24-40-23-42-45)50-36(26)34-14-5-27(38)20-35(34)39/h5-14,19-20,23-25,28H,3-4,15-18,21-22H2,1-2H3. The maximum absolute atomic E-state index is 14.8. The highest BCUT2D eigenvalue weighted by molar-refractivity contribution is 5.63. The third-order valence-electron chi connectivity index (χ3n) is 9.17. The van der Waals surface area contributed by atoms with E-state index in [1.165, 1.54) is 18.5 Å². The number of benzene rings is 3. The number of halogens is 2. The molecule has 1 aliphatic heterocycles. The molecule has 3 aromatic heterocycles. The molecule has 0 aliphatic carbocycles. The first-order chi connectivity index (χ1) is 24.4. The van der Waals surface area contributed by atoms with Crippen LogP contribution >= 0.6 is 0 Å². The van der Waals surface area contributed by atoms with Gasteiger partial charge in [0.1, 0.15) is 61.0 Å². The van der Waals surface area contributed by atoms with E-state index >= 15 is 0 Å². The second kappa shape index (κ2) is 14.4. The van der Waals surface area contributed by atoms with Crippen molar-refractivity contribution in [1.82, 2.24) is 29.1 Å². The summed E-state index contributed by atoms with van der Waals surface area (Å²) in [5, 5.41) is 4.11. The van der Waals surface area contributed by atoms with Gasteiger partial charge in [-0.2, -0.15) is 10.1 Å². The molecule has 1 saturated heterocycles. The van der Waals surface area contributed by atoms with Crippen molar-refractivity contribution >= 4 is 11.4 Å². The number of anilines is 2. The number of piperazine rings is 1. The highest BCUT2D eigenvalue weighted by atomic mass is 19.1. The number of ether oxygens (including phenoxy) is 1. The Hall–Kier alpha value is -5.72. The van der Waals surface area contributed by atoms with E-state index in [9.17, 15) is 13.6 Å². The summed E-state index contributed by atoms with van der Waals surface area (Å²) in [6.45, 7) is 8.03. The molecule has 0 unspecified atom stereocenters.